The monoisotopic (exact) mass is 477 g/mol. The van der Waals surface area contributed by atoms with Crippen LogP contribution in [0.4, 0.5) is 0 Å². The molecule has 1 spiro atoms. The van der Waals surface area contributed by atoms with Crippen LogP contribution in [-0.4, -0.2) is 40.5 Å². The molecule has 1 aliphatic carbocycles. The number of carbonyl (C=O) groups is 3. The van der Waals surface area contributed by atoms with Gasteiger partial charge in [-0.3, -0.25) is 9.59 Å². The van der Waals surface area contributed by atoms with Crippen LogP contribution >= 0.6 is 0 Å². The number of benzene rings is 1. The fourth-order valence-corrected chi connectivity index (χ4v) is 5.93. The summed E-state index contributed by atoms with van der Waals surface area (Å²) in [5, 5.41) is 14.4. The highest BCUT2D eigenvalue weighted by molar-refractivity contribution is 5.94. The lowest BCUT2D eigenvalue weighted by Gasteiger charge is -2.49. The molecule has 2 fully saturated rings. The minimum atomic E-state index is -1.57. The van der Waals surface area contributed by atoms with Gasteiger partial charge in [-0.05, 0) is 42.2 Å². The van der Waals surface area contributed by atoms with Crippen molar-refractivity contribution >= 4 is 17.7 Å². The Morgan fingerprint density at radius 3 is 2.63 bits per heavy atom. The lowest BCUT2D eigenvalue weighted by atomic mass is 9.59. The van der Waals surface area contributed by atoms with Gasteiger partial charge in [0.1, 0.15) is 5.78 Å². The molecule has 4 rings (SSSR count). The Kier molecular flexibility index (Phi) is 7.41. The standard InChI is InChI=1S/C29H35NO5/c1-18-9-7-13-23-27(33)20(3)19(2)26-24(17-21-10-5-4-6-11-21)30-28(34)29(23,26)35-25(32)14-8-12-22(31)16-15-18/h4-8,10-11,13-14,18-19,23-24,26-27,33H,3,9,12,15-17H2,1-2H3,(H,30,34)/b13-7-,14-8-. The molecule has 1 amide bonds. The van der Waals surface area contributed by atoms with E-state index in [2.05, 4.69) is 18.8 Å². The third-order valence-corrected chi connectivity index (χ3v) is 7.90. The van der Waals surface area contributed by atoms with Gasteiger partial charge in [-0.15, -0.1) is 0 Å². The largest absolute Gasteiger partial charge is 0.445 e. The van der Waals surface area contributed by atoms with E-state index in [-0.39, 0.29) is 30.1 Å². The molecular formula is C29H35NO5. The van der Waals surface area contributed by atoms with Crippen molar-refractivity contribution in [2.24, 2.45) is 23.7 Å². The number of aliphatic hydroxyl groups is 1. The molecule has 7 atom stereocenters. The summed E-state index contributed by atoms with van der Waals surface area (Å²) in [7, 11) is 0. The molecule has 1 saturated heterocycles. The van der Waals surface area contributed by atoms with Crippen LogP contribution in [0.25, 0.3) is 0 Å². The van der Waals surface area contributed by atoms with Gasteiger partial charge >= 0.3 is 5.97 Å². The number of Topliss-reactive ketones (excluding diaryl/α,β-unsaturated/α-hetero) is 1. The maximum atomic E-state index is 13.7. The number of ketones is 1. The smallest absolute Gasteiger partial charge is 0.331 e. The SMILES string of the molecule is C=C1C(C)C2C(Cc3ccccc3)NC(=O)C23OC(=O)/C=C\CC(=O)CCC(C)C/C=C\C3C1O. The average molecular weight is 478 g/mol. The number of carbonyl (C=O) groups excluding carboxylic acids is 3. The van der Waals surface area contributed by atoms with Gasteiger partial charge in [-0.25, -0.2) is 4.79 Å². The van der Waals surface area contributed by atoms with Gasteiger partial charge in [0.05, 0.1) is 12.0 Å². The number of allylic oxidation sites excluding steroid dienone is 2. The maximum Gasteiger partial charge on any atom is 0.331 e. The molecule has 3 aliphatic rings. The zero-order valence-electron chi connectivity index (χ0n) is 20.5. The number of aliphatic hydroxyl groups excluding tert-OH is 1. The van der Waals surface area contributed by atoms with E-state index in [1.165, 1.54) is 12.2 Å². The van der Waals surface area contributed by atoms with Crippen LogP contribution in [-0.2, 0) is 25.5 Å². The second kappa shape index (κ2) is 10.3. The Morgan fingerprint density at radius 1 is 1.14 bits per heavy atom. The molecule has 0 radical (unpaired) electrons. The zero-order valence-corrected chi connectivity index (χ0v) is 20.5. The van der Waals surface area contributed by atoms with Crippen LogP contribution in [0, 0.1) is 23.7 Å². The lowest BCUT2D eigenvalue weighted by molar-refractivity contribution is -0.182. The molecule has 2 heterocycles. The number of esters is 1. The number of nitrogens with one attached hydrogen (secondary N) is 1. The molecule has 1 aromatic carbocycles. The van der Waals surface area contributed by atoms with Crippen molar-refractivity contribution in [3.8, 4) is 0 Å². The van der Waals surface area contributed by atoms with E-state index in [9.17, 15) is 19.5 Å². The van der Waals surface area contributed by atoms with E-state index in [1.807, 2.05) is 49.4 Å². The summed E-state index contributed by atoms with van der Waals surface area (Å²) in [5.41, 5.74) is 0.126. The first-order valence-corrected chi connectivity index (χ1v) is 12.5. The Labute approximate surface area is 207 Å². The van der Waals surface area contributed by atoms with Crippen LogP contribution in [0.15, 0.2) is 66.8 Å². The molecule has 1 saturated carbocycles. The third kappa shape index (κ3) is 4.90. The van der Waals surface area contributed by atoms with Crippen molar-refractivity contribution in [2.75, 3.05) is 0 Å². The lowest BCUT2D eigenvalue weighted by Crippen LogP contribution is -2.61. The van der Waals surface area contributed by atoms with Crippen molar-refractivity contribution in [1.29, 1.82) is 0 Å². The van der Waals surface area contributed by atoms with Crippen molar-refractivity contribution in [1.82, 2.24) is 5.32 Å². The van der Waals surface area contributed by atoms with Crippen LogP contribution in [0.2, 0.25) is 0 Å². The summed E-state index contributed by atoms with van der Waals surface area (Å²) in [6, 6.07) is 9.57. The van der Waals surface area contributed by atoms with Crippen LogP contribution in [0.5, 0.6) is 0 Å². The summed E-state index contributed by atoms with van der Waals surface area (Å²) in [4.78, 5) is 38.9. The second-order valence-corrected chi connectivity index (χ2v) is 10.3. The predicted octanol–water partition coefficient (Wildman–Crippen LogP) is 3.70. The number of hydrogen-bond acceptors (Lipinski definition) is 5. The van der Waals surface area contributed by atoms with Crippen molar-refractivity contribution in [2.45, 2.75) is 63.7 Å². The molecule has 35 heavy (non-hydrogen) atoms. The molecule has 2 N–H and O–H groups in total. The number of ether oxygens (including phenoxy) is 1. The fourth-order valence-electron chi connectivity index (χ4n) is 5.93. The summed E-state index contributed by atoms with van der Waals surface area (Å²) >= 11 is 0. The highest BCUT2D eigenvalue weighted by Gasteiger charge is 2.67. The van der Waals surface area contributed by atoms with Crippen LogP contribution in [0.3, 0.4) is 0 Å². The topological polar surface area (TPSA) is 92.7 Å². The molecule has 2 aliphatic heterocycles. The van der Waals surface area contributed by atoms with Gasteiger partial charge in [0, 0.05) is 30.9 Å². The third-order valence-electron chi connectivity index (χ3n) is 7.90. The van der Waals surface area contributed by atoms with Gasteiger partial charge in [0.2, 0.25) is 5.60 Å². The van der Waals surface area contributed by atoms with E-state index in [0.29, 0.717) is 24.8 Å². The quantitative estimate of drug-likeness (QED) is 0.501. The summed E-state index contributed by atoms with van der Waals surface area (Å²) < 4.78 is 6.04. The first kappa shape index (κ1) is 25.1. The van der Waals surface area contributed by atoms with E-state index in [4.69, 9.17) is 4.74 Å². The predicted molar refractivity (Wildman–Crippen MR) is 133 cm³/mol. The molecule has 186 valence electrons. The minimum Gasteiger partial charge on any atom is -0.445 e. The normalized spacial score (nSPS) is 37.9. The van der Waals surface area contributed by atoms with Gasteiger partial charge in [-0.2, -0.15) is 0 Å². The number of rotatable bonds is 2. The minimum absolute atomic E-state index is 0.0652. The van der Waals surface area contributed by atoms with E-state index in [0.717, 1.165) is 12.0 Å². The molecule has 6 heteroatoms. The Morgan fingerprint density at radius 2 is 1.89 bits per heavy atom. The zero-order chi connectivity index (χ0) is 25.2. The van der Waals surface area contributed by atoms with Crippen LogP contribution in [0.1, 0.15) is 45.1 Å². The molecular weight excluding hydrogens is 442 g/mol. The molecule has 7 unspecified atom stereocenters. The van der Waals surface area contributed by atoms with Gasteiger partial charge in [-0.1, -0.05) is 69.0 Å². The molecule has 0 aromatic heterocycles. The first-order chi connectivity index (χ1) is 16.7. The van der Waals surface area contributed by atoms with E-state index < -0.39 is 35.4 Å². The van der Waals surface area contributed by atoms with Crippen molar-refractivity contribution < 1.29 is 24.2 Å². The Hall–Kier alpha value is -2.99. The van der Waals surface area contributed by atoms with E-state index >= 15 is 0 Å². The summed E-state index contributed by atoms with van der Waals surface area (Å²) in [6.07, 6.45) is 8.08. The summed E-state index contributed by atoms with van der Waals surface area (Å²) in [5.74, 6) is -2.18. The molecule has 6 nitrogen and oxygen atoms in total. The van der Waals surface area contributed by atoms with Gasteiger partial charge in [0.25, 0.3) is 5.91 Å². The number of hydrogen-bond donors (Lipinski definition) is 2. The van der Waals surface area contributed by atoms with Crippen LogP contribution < -0.4 is 5.32 Å². The number of amides is 1. The second-order valence-electron chi connectivity index (χ2n) is 10.3. The van der Waals surface area contributed by atoms with Crippen molar-refractivity contribution in [3.63, 3.8) is 0 Å². The maximum absolute atomic E-state index is 13.7. The Balaban J connectivity index is 1.78. The summed E-state index contributed by atoms with van der Waals surface area (Å²) in [6.45, 7) is 8.19. The fraction of sp³-hybridized carbons (Fsp3) is 0.483. The van der Waals surface area contributed by atoms with E-state index in [1.54, 1.807) is 0 Å². The molecule has 0 bridgehead atoms. The highest BCUT2D eigenvalue weighted by Crippen LogP contribution is 2.52. The Bertz CT molecular complexity index is 1040. The van der Waals surface area contributed by atoms with Crippen molar-refractivity contribution in [3.05, 3.63) is 72.4 Å². The molecule has 1 aromatic rings. The van der Waals surface area contributed by atoms with Gasteiger partial charge < -0.3 is 15.2 Å². The highest BCUT2D eigenvalue weighted by atomic mass is 16.6. The van der Waals surface area contributed by atoms with Gasteiger partial charge in [0.15, 0.2) is 0 Å². The first-order valence-electron chi connectivity index (χ1n) is 12.5. The average Bonchev–Trinajstić information content (AvgIpc) is 3.09.